The number of hydrogen-bond donors (Lipinski definition) is 1. The molecule has 3 heterocycles. The molecule has 4 nitrogen and oxygen atoms in total. The summed E-state index contributed by atoms with van der Waals surface area (Å²) in [6.07, 6.45) is -2.98. The zero-order valence-corrected chi connectivity index (χ0v) is 11.4. The quantitative estimate of drug-likeness (QED) is 0.912. The molecule has 0 aromatic carbocycles. The molecule has 0 aliphatic carbocycles. The number of pyridine rings is 1. The van der Waals surface area contributed by atoms with Gasteiger partial charge in [-0.05, 0) is 31.0 Å². The van der Waals surface area contributed by atoms with Crippen LogP contribution in [0.3, 0.4) is 0 Å². The molecular weight excluding hydrogens is 285 g/mol. The van der Waals surface area contributed by atoms with Gasteiger partial charge in [0.2, 0.25) is 6.29 Å². The van der Waals surface area contributed by atoms with E-state index in [-0.39, 0.29) is 18.9 Å². The van der Waals surface area contributed by atoms with Gasteiger partial charge in [-0.3, -0.25) is 4.98 Å². The number of halogens is 3. The molecule has 0 bridgehead atoms. The van der Waals surface area contributed by atoms with Crippen molar-refractivity contribution < 1.29 is 22.6 Å². The van der Waals surface area contributed by atoms with E-state index in [2.05, 4.69) is 10.3 Å². The number of piperidine rings is 1. The first-order chi connectivity index (χ1) is 10.1. The van der Waals surface area contributed by atoms with Crippen molar-refractivity contribution in [1.29, 1.82) is 0 Å². The number of nitrogens with zero attached hydrogens (tertiary/aromatic N) is 1. The zero-order chi connectivity index (χ0) is 14.9. The van der Waals surface area contributed by atoms with Crippen LogP contribution in [-0.4, -0.2) is 30.9 Å². The van der Waals surface area contributed by atoms with Crippen LogP contribution in [0.25, 0.3) is 0 Å². The molecule has 3 rings (SSSR count). The largest absolute Gasteiger partial charge is 0.391 e. The van der Waals surface area contributed by atoms with Crippen LogP contribution in [0, 0.1) is 5.92 Å². The first-order valence-electron chi connectivity index (χ1n) is 7.04. The lowest BCUT2D eigenvalue weighted by molar-refractivity contribution is -0.183. The summed E-state index contributed by atoms with van der Waals surface area (Å²) in [5, 5.41) is 3.15. The van der Waals surface area contributed by atoms with E-state index in [1.165, 1.54) is 0 Å². The van der Waals surface area contributed by atoms with Gasteiger partial charge in [0.1, 0.15) is 5.69 Å². The maximum absolute atomic E-state index is 12.9. The molecule has 21 heavy (non-hydrogen) atoms. The Bertz CT molecular complexity index is 489. The summed E-state index contributed by atoms with van der Waals surface area (Å²) in [5.74, 6) is -1.28. The van der Waals surface area contributed by atoms with Crippen molar-refractivity contribution in [3.05, 3.63) is 29.6 Å². The van der Waals surface area contributed by atoms with Gasteiger partial charge >= 0.3 is 6.18 Å². The third-order valence-corrected chi connectivity index (χ3v) is 3.96. The summed E-state index contributed by atoms with van der Waals surface area (Å²) >= 11 is 0. The van der Waals surface area contributed by atoms with E-state index in [0.29, 0.717) is 25.5 Å². The molecule has 2 aliphatic heterocycles. The Labute approximate surface area is 120 Å². The van der Waals surface area contributed by atoms with Crippen LogP contribution >= 0.6 is 0 Å². The minimum atomic E-state index is -4.15. The Kier molecular flexibility index (Phi) is 4.14. The number of hydrogen-bond acceptors (Lipinski definition) is 4. The maximum Gasteiger partial charge on any atom is 0.391 e. The highest BCUT2D eigenvalue weighted by molar-refractivity contribution is 5.25. The van der Waals surface area contributed by atoms with E-state index in [0.717, 1.165) is 5.56 Å². The average Bonchev–Trinajstić information content (AvgIpc) is 3.01. The summed E-state index contributed by atoms with van der Waals surface area (Å²) < 4.78 is 49.7. The molecule has 2 fully saturated rings. The van der Waals surface area contributed by atoms with Crippen molar-refractivity contribution in [3.8, 4) is 0 Å². The number of alkyl halides is 3. The minimum absolute atomic E-state index is 0.0227. The molecule has 2 aliphatic rings. The highest BCUT2D eigenvalue weighted by atomic mass is 19.4. The lowest BCUT2D eigenvalue weighted by Crippen LogP contribution is -2.38. The Balaban J connectivity index is 1.83. The van der Waals surface area contributed by atoms with Crippen LogP contribution in [0.4, 0.5) is 13.2 Å². The molecule has 0 spiro atoms. The molecule has 0 amide bonds. The molecule has 1 aromatic rings. The van der Waals surface area contributed by atoms with Crippen LogP contribution in [0.15, 0.2) is 18.3 Å². The van der Waals surface area contributed by atoms with Crippen LogP contribution < -0.4 is 5.32 Å². The maximum atomic E-state index is 12.9. The van der Waals surface area contributed by atoms with Crippen molar-refractivity contribution in [2.45, 2.75) is 31.3 Å². The molecule has 0 radical (unpaired) electrons. The minimum Gasteiger partial charge on any atom is -0.345 e. The number of ether oxygens (including phenoxy) is 2. The predicted molar refractivity (Wildman–Crippen MR) is 68.4 cm³/mol. The number of aromatic nitrogens is 1. The van der Waals surface area contributed by atoms with Crippen molar-refractivity contribution in [2.24, 2.45) is 5.92 Å². The fourth-order valence-corrected chi connectivity index (χ4v) is 2.89. The third kappa shape index (κ3) is 3.20. The second kappa shape index (κ2) is 5.90. The van der Waals surface area contributed by atoms with Gasteiger partial charge in [0.05, 0.1) is 19.1 Å². The molecular formula is C14H17F3N2O2. The SMILES string of the molecule is FC(F)(F)C1CCNC(c2cccnc2C2OCCO2)C1. The standard InChI is InChI=1S/C14H17F3N2O2/c15-14(16,17)9-3-5-18-11(8-9)10-2-1-4-19-12(10)13-20-6-7-21-13/h1-2,4,9,11,13,18H,3,5-8H2. The van der Waals surface area contributed by atoms with Gasteiger partial charge in [0, 0.05) is 12.2 Å². The zero-order valence-electron chi connectivity index (χ0n) is 11.4. The van der Waals surface area contributed by atoms with Gasteiger partial charge in [-0.1, -0.05) is 6.07 Å². The van der Waals surface area contributed by atoms with Gasteiger partial charge in [-0.2, -0.15) is 13.2 Å². The van der Waals surface area contributed by atoms with Crippen LogP contribution in [-0.2, 0) is 9.47 Å². The van der Waals surface area contributed by atoms with Crippen molar-refractivity contribution in [2.75, 3.05) is 19.8 Å². The monoisotopic (exact) mass is 302 g/mol. The van der Waals surface area contributed by atoms with Crippen LogP contribution in [0.5, 0.6) is 0 Å². The van der Waals surface area contributed by atoms with E-state index in [1.54, 1.807) is 18.3 Å². The lowest BCUT2D eigenvalue weighted by atomic mass is 9.87. The topological polar surface area (TPSA) is 43.4 Å². The Morgan fingerprint density at radius 2 is 2.00 bits per heavy atom. The molecule has 116 valence electrons. The fraction of sp³-hybridized carbons (Fsp3) is 0.643. The predicted octanol–water partition coefficient (Wildman–Crippen LogP) is 2.73. The first-order valence-corrected chi connectivity index (χ1v) is 7.04. The highest BCUT2D eigenvalue weighted by Crippen LogP contribution is 2.39. The molecule has 7 heteroatoms. The second-order valence-electron chi connectivity index (χ2n) is 5.32. The van der Waals surface area contributed by atoms with E-state index in [1.807, 2.05) is 0 Å². The van der Waals surface area contributed by atoms with Gasteiger partial charge < -0.3 is 14.8 Å². The Morgan fingerprint density at radius 3 is 2.71 bits per heavy atom. The van der Waals surface area contributed by atoms with E-state index in [4.69, 9.17) is 9.47 Å². The van der Waals surface area contributed by atoms with Crippen LogP contribution in [0.2, 0.25) is 0 Å². The van der Waals surface area contributed by atoms with Gasteiger partial charge in [-0.25, -0.2) is 0 Å². The summed E-state index contributed by atoms with van der Waals surface area (Å²) in [5.41, 5.74) is 1.31. The fourth-order valence-electron chi connectivity index (χ4n) is 2.89. The van der Waals surface area contributed by atoms with Crippen molar-refractivity contribution >= 4 is 0 Å². The average molecular weight is 302 g/mol. The van der Waals surface area contributed by atoms with Crippen molar-refractivity contribution in [1.82, 2.24) is 10.3 Å². The molecule has 1 N–H and O–H groups in total. The Morgan fingerprint density at radius 1 is 1.24 bits per heavy atom. The molecule has 1 aromatic heterocycles. The highest BCUT2D eigenvalue weighted by Gasteiger charge is 2.43. The van der Waals surface area contributed by atoms with E-state index in [9.17, 15) is 13.2 Å². The summed E-state index contributed by atoms with van der Waals surface area (Å²) in [4.78, 5) is 4.25. The van der Waals surface area contributed by atoms with Gasteiger partial charge in [0.15, 0.2) is 0 Å². The van der Waals surface area contributed by atoms with E-state index >= 15 is 0 Å². The van der Waals surface area contributed by atoms with Crippen molar-refractivity contribution in [3.63, 3.8) is 0 Å². The molecule has 0 saturated carbocycles. The van der Waals surface area contributed by atoms with E-state index < -0.39 is 18.4 Å². The smallest absolute Gasteiger partial charge is 0.345 e. The summed E-state index contributed by atoms with van der Waals surface area (Å²) in [6.45, 7) is 1.30. The molecule has 2 unspecified atom stereocenters. The lowest BCUT2D eigenvalue weighted by Gasteiger charge is -2.32. The second-order valence-corrected chi connectivity index (χ2v) is 5.32. The third-order valence-electron chi connectivity index (χ3n) is 3.96. The Hall–Kier alpha value is -1.18. The molecule has 2 saturated heterocycles. The summed E-state index contributed by atoms with van der Waals surface area (Å²) in [6, 6.07) is 3.15. The van der Waals surface area contributed by atoms with Gasteiger partial charge in [-0.15, -0.1) is 0 Å². The number of rotatable bonds is 2. The molecule has 2 atom stereocenters. The summed E-state index contributed by atoms with van der Waals surface area (Å²) in [7, 11) is 0. The van der Waals surface area contributed by atoms with Gasteiger partial charge in [0.25, 0.3) is 0 Å². The first kappa shape index (κ1) is 14.7. The normalized spacial score (nSPS) is 28.0. The van der Waals surface area contributed by atoms with Crippen LogP contribution in [0.1, 0.15) is 36.4 Å². The number of nitrogens with one attached hydrogen (secondary N) is 1.